The molecule has 160 valence electrons. The molecule has 28 heavy (non-hydrogen) atoms. The van der Waals surface area contributed by atoms with Crippen LogP contribution < -0.4 is 5.32 Å². The van der Waals surface area contributed by atoms with Crippen LogP contribution in [0.4, 0.5) is 0 Å². The van der Waals surface area contributed by atoms with Crippen LogP contribution in [0.2, 0.25) is 0 Å². The van der Waals surface area contributed by atoms with Crippen LogP contribution in [-0.4, -0.2) is 86.5 Å². The molecule has 2 rings (SSSR count). The Morgan fingerprint density at radius 1 is 1.36 bits per heavy atom. The SMILES string of the molecule is CCN(CC)CC1CCN(C(=NCC(=O)N(C)C)NCCc2ccco2)C1.I. The zero-order valence-corrected chi connectivity index (χ0v) is 20.0. The molecule has 1 aromatic rings. The highest BCUT2D eigenvalue weighted by Crippen LogP contribution is 2.17. The van der Waals surface area contributed by atoms with Gasteiger partial charge in [-0.25, -0.2) is 4.99 Å². The molecule has 0 spiro atoms. The fourth-order valence-corrected chi connectivity index (χ4v) is 3.32. The number of hydrogen-bond donors (Lipinski definition) is 1. The highest BCUT2D eigenvalue weighted by Gasteiger charge is 2.26. The molecule has 2 heterocycles. The number of rotatable bonds is 9. The van der Waals surface area contributed by atoms with E-state index in [1.165, 1.54) is 0 Å². The van der Waals surface area contributed by atoms with Crippen molar-refractivity contribution in [1.29, 1.82) is 0 Å². The number of likely N-dealkylation sites (tertiary alicyclic amines) is 1. The van der Waals surface area contributed by atoms with Gasteiger partial charge in [0.2, 0.25) is 5.91 Å². The molecular formula is C20H36IN5O2. The van der Waals surface area contributed by atoms with E-state index in [9.17, 15) is 4.79 Å². The van der Waals surface area contributed by atoms with Crippen LogP contribution in [0.25, 0.3) is 0 Å². The van der Waals surface area contributed by atoms with Crippen molar-refractivity contribution in [3.8, 4) is 0 Å². The van der Waals surface area contributed by atoms with Crippen LogP contribution >= 0.6 is 24.0 Å². The molecule has 1 saturated heterocycles. The van der Waals surface area contributed by atoms with Crippen molar-refractivity contribution >= 4 is 35.8 Å². The van der Waals surface area contributed by atoms with Gasteiger partial charge in [-0.15, -0.1) is 24.0 Å². The fourth-order valence-electron chi connectivity index (χ4n) is 3.32. The Balaban J connectivity index is 0.00000392. The van der Waals surface area contributed by atoms with Gasteiger partial charge in [-0.1, -0.05) is 13.8 Å². The van der Waals surface area contributed by atoms with Gasteiger partial charge >= 0.3 is 0 Å². The van der Waals surface area contributed by atoms with Crippen molar-refractivity contribution in [2.75, 3.05) is 59.9 Å². The van der Waals surface area contributed by atoms with E-state index in [0.29, 0.717) is 5.92 Å². The van der Waals surface area contributed by atoms with Crippen molar-refractivity contribution in [2.45, 2.75) is 26.7 Å². The standard InChI is InChI=1S/C20H35N5O2.HI/c1-5-24(6-2)15-17-10-12-25(16-17)20(22-14-19(26)23(3)4)21-11-9-18-8-7-13-27-18;/h7-8,13,17H,5-6,9-12,14-16H2,1-4H3,(H,21,22);1H. The Morgan fingerprint density at radius 3 is 2.71 bits per heavy atom. The van der Waals surface area contributed by atoms with E-state index in [1.807, 2.05) is 12.1 Å². The average Bonchev–Trinajstić information content (AvgIpc) is 3.34. The van der Waals surface area contributed by atoms with E-state index >= 15 is 0 Å². The predicted molar refractivity (Wildman–Crippen MR) is 124 cm³/mol. The maximum absolute atomic E-state index is 12.0. The van der Waals surface area contributed by atoms with Gasteiger partial charge in [-0.05, 0) is 37.6 Å². The molecule has 1 N–H and O–H groups in total. The molecule has 8 heteroatoms. The summed E-state index contributed by atoms with van der Waals surface area (Å²) in [6.45, 7) is 10.6. The monoisotopic (exact) mass is 505 g/mol. The van der Waals surface area contributed by atoms with Gasteiger partial charge in [0.25, 0.3) is 0 Å². The van der Waals surface area contributed by atoms with E-state index in [1.54, 1.807) is 25.3 Å². The molecule has 7 nitrogen and oxygen atoms in total. The second-order valence-electron chi connectivity index (χ2n) is 7.27. The third-order valence-corrected chi connectivity index (χ3v) is 5.09. The maximum atomic E-state index is 12.0. The number of likely N-dealkylation sites (N-methyl/N-ethyl adjacent to an activating group) is 1. The van der Waals surface area contributed by atoms with Gasteiger partial charge in [-0.3, -0.25) is 4.79 Å². The Bertz CT molecular complexity index is 587. The van der Waals surface area contributed by atoms with Gasteiger partial charge in [-0.2, -0.15) is 0 Å². The van der Waals surface area contributed by atoms with Crippen molar-refractivity contribution in [2.24, 2.45) is 10.9 Å². The van der Waals surface area contributed by atoms with Gasteiger partial charge in [0, 0.05) is 46.7 Å². The fraction of sp³-hybridized carbons (Fsp3) is 0.700. The molecule has 1 amide bonds. The third kappa shape index (κ3) is 7.98. The normalized spacial score (nSPS) is 17.0. The van der Waals surface area contributed by atoms with Crippen LogP contribution in [0.1, 0.15) is 26.0 Å². The number of nitrogens with zero attached hydrogens (tertiary/aromatic N) is 4. The molecule has 1 fully saturated rings. The number of hydrogen-bond acceptors (Lipinski definition) is 4. The first-order valence-electron chi connectivity index (χ1n) is 10.0. The van der Waals surface area contributed by atoms with Crippen molar-refractivity contribution in [3.63, 3.8) is 0 Å². The molecule has 0 aliphatic carbocycles. The van der Waals surface area contributed by atoms with Crippen molar-refractivity contribution in [1.82, 2.24) is 20.0 Å². The number of aliphatic imine (C=N–C) groups is 1. The summed E-state index contributed by atoms with van der Waals surface area (Å²) >= 11 is 0. The summed E-state index contributed by atoms with van der Waals surface area (Å²) in [5, 5.41) is 3.43. The van der Waals surface area contributed by atoms with Gasteiger partial charge in [0.05, 0.1) is 6.26 Å². The quantitative estimate of drug-likeness (QED) is 0.317. The van der Waals surface area contributed by atoms with Gasteiger partial charge < -0.3 is 24.4 Å². The summed E-state index contributed by atoms with van der Waals surface area (Å²) in [5.41, 5.74) is 0. The lowest BCUT2D eigenvalue weighted by Crippen LogP contribution is -2.42. The molecule has 1 aliphatic rings. The number of amides is 1. The van der Waals surface area contributed by atoms with E-state index in [0.717, 1.165) is 63.8 Å². The lowest BCUT2D eigenvalue weighted by Gasteiger charge is -2.24. The predicted octanol–water partition coefficient (Wildman–Crippen LogP) is 2.14. The summed E-state index contributed by atoms with van der Waals surface area (Å²) in [4.78, 5) is 22.9. The first kappa shape index (κ1) is 24.7. The summed E-state index contributed by atoms with van der Waals surface area (Å²) in [5.74, 6) is 2.44. The van der Waals surface area contributed by atoms with E-state index < -0.39 is 0 Å². The van der Waals surface area contributed by atoms with Gasteiger partial charge in [0.1, 0.15) is 12.3 Å². The molecule has 0 radical (unpaired) electrons. The molecule has 1 aliphatic heterocycles. The Morgan fingerprint density at radius 2 is 2.11 bits per heavy atom. The average molecular weight is 505 g/mol. The zero-order valence-electron chi connectivity index (χ0n) is 17.7. The molecular weight excluding hydrogens is 469 g/mol. The van der Waals surface area contributed by atoms with Crippen LogP contribution in [0.5, 0.6) is 0 Å². The van der Waals surface area contributed by atoms with Crippen molar-refractivity contribution < 1.29 is 9.21 Å². The molecule has 1 unspecified atom stereocenters. The first-order valence-corrected chi connectivity index (χ1v) is 10.0. The van der Waals surface area contributed by atoms with E-state index in [-0.39, 0.29) is 36.4 Å². The molecule has 1 aromatic heterocycles. The molecule has 0 saturated carbocycles. The van der Waals surface area contributed by atoms with Crippen LogP contribution in [-0.2, 0) is 11.2 Å². The Hall–Kier alpha value is -1.29. The minimum absolute atomic E-state index is 0. The number of nitrogens with one attached hydrogen (secondary N) is 1. The van der Waals surface area contributed by atoms with Crippen molar-refractivity contribution in [3.05, 3.63) is 24.2 Å². The summed E-state index contributed by atoms with van der Waals surface area (Å²) in [6, 6.07) is 3.88. The lowest BCUT2D eigenvalue weighted by molar-refractivity contribution is -0.127. The van der Waals surface area contributed by atoms with Crippen LogP contribution in [0, 0.1) is 5.92 Å². The van der Waals surface area contributed by atoms with E-state index in [4.69, 9.17) is 4.42 Å². The second-order valence-corrected chi connectivity index (χ2v) is 7.27. The Kier molecular flexibility index (Phi) is 11.5. The van der Waals surface area contributed by atoms with E-state index in [2.05, 4.69) is 34.0 Å². The highest BCUT2D eigenvalue weighted by atomic mass is 127. The smallest absolute Gasteiger partial charge is 0.243 e. The highest BCUT2D eigenvalue weighted by molar-refractivity contribution is 14.0. The number of carbonyl (C=O) groups excluding carboxylic acids is 1. The molecule has 0 aromatic carbocycles. The van der Waals surface area contributed by atoms with Gasteiger partial charge in [0.15, 0.2) is 5.96 Å². The largest absolute Gasteiger partial charge is 0.469 e. The molecule has 1 atom stereocenters. The Labute approximate surface area is 186 Å². The minimum Gasteiger partial charge on any atom is -0.469 e. The molecule has 0 bridgehead atoms. The summed E-state index contributed by atoms with van der Waals surface area (Å²) in [6.07, 6.45) is 3.65. The number of furan rings is 1. The zero-order chi connectivity index (χ0) is 19.6. The second kappa shape index (κ2) is 13.0. The maximum Gasteiger partial charge on any atom is 0.243 e. The van der Waals surface area contributed by atoms with Crippen LogP contribution in [0.15, 0.2) is 27.8 Å². The lowest BCUT2D eigenvalue weighted by atomic mass is 10.1. The summed E-state index contributed by atoms with van der Waals surface area (Å²) in [7, 11) is 3.52. The topological polar surface area (TPSA) is 64.3 Å². The number of carbonyl (C=O) groups is 1. The third-order valence-electron chi connectivity index (χ3n) is 5.09. The summed E-state index contributed by atoms with van der Waals surface area (Å²) < 4.78 is 5.40. The van der Waals surface area contributed by atoms with Crippen LogP contribution in [0.3, 0.4) is 0 Å². The first-order chi connectivity index (χ1) is 13.0. The minimum atomic E-state index is 0. The number of halogens is 1. The number of guanidine groups is 1.